The number of hydrogen-bond donors (Lipinski definition) is 3. The topological polar surface area (TPSA) is 125 Å². The van der Waals surface area contributed by atoms with Gasteiger partial charge in [-0.2, -0.15) is 0 Å². The molecule has 2 amide bonds. The molecule has 170 valence electrons. The number of sulfonamides is 1. The molecule has 1 aromatic heterocycles. The highest BCUT2D eigenvalue weighted by Gasteiger charge is 2.26. The Morgan fingerprint density at radius 2 is 1.81 bits per heavy atom. The van der Waals surface area contributed by atoms with Gasteiger partial charge in [0.05, 0.1) is 17.2 Å². The van der Waals surface area contributed by atoms with Gasteiger partial charge in [-0.3, -0.25) is 4.79 Å². The molecule has 0 spiro atoms. The number of rotatable bonds is 6. The minimum Gasteiger partial charge on any atom is -0.328 e. The number of aromatic amines is 1. The van der Waals surface area contributed by atoms with Crippen LogP contribution in [0, 0.1) is 17.5 Å². The van der Waals surface area contributed by atoms with Crippen LogP contribution in [0.5, 0.6) is 0 Å². The van der Waals surface area contributed by atoms with Crippen LogP contribution in [0.15, 0.2) is 47.4 Å². The molecule has 0 aliphatic rings. The van der Waals surface area contributed by atoms with Gasteiger partial charge in [0, 0.05) is 18.4 Å². The summed E-state index contributed by atoms with van der Waals surface area (Å²) in [6.07, 6.45) is 1.24. The second kappa shape index (κ2) is 9.01. The molecular weight excluding hydrogens is 449 g/mol. The first-order valence-electron chi connectivity index (χ1n) is 9.31. The summed E-state index contributed by atoms with van der Waals surface area (Å²) in [5, 5.41) is 7.11. The molecule has 0 saturated carbocycles. The summed E-state index contributed by atoms with van der Waals surface area (Å²) in [4.78, 5) is 28.4. The molecule has 3 rings (SSSR count). The van der Waals surface area contributed by atoms with Gasteiger partial charge in [0.2, 0.25) is 10.0 Å². The van der Waals surface area contributed by atoms with Gasteiger partial charge in [0.25, 0.3) is 5.56 Å². The van der Waals surface area contributed by atoms with Crippen LogP contribution >= 0.6 is 0 Å². The van der Waals surface area contributed by atoms with Crippen molar-refractivity contribution >= 4 is 32.5 Å². The third-order valence-electron chi connectivity index (χ3n) is 4.88. The summed E-state index contributed by atoms with van der Waals surface area (Å²) in [6, 6.07) is 5.26. The first-order chi connectivity index (χ1) is 15.0. The maximum Gasteiger partial charge on any atom is 0.322 e. The molecule has 3 aromatic rings. The summed E-state index contributed by atoms with van der Waals surface area (Å²) < 4.78 is 64.1. The number of aromatic nitrogens is 1. The van der Waals surface area contributed by atoms with Gasteiger partial charge >= 0.3 is 6.03 Å². The lowest BCUT2D eigenvalue weighted by molar-refractivity contribution is 0.197. The molecule has 1 heterocycles. The number of anilines is 1. The van der Waals surface area contributed by atoms with E-state index in [-0.39, 0.29) is 23.2 Å². The third kappa shape index (κ3) is 5.08. The zero-order valence-corrected chi connectivity index (χ0v) is 17.5. The minimum atomic E-state index is -3.95. The number of nitrogens with one attached hydrogen (secondary N) is 2. The molecule has 1 unspecified atom stereocenters. The molecule has 0 saturated heterocycles. The van der Waals surface area contributed by atoms with Crippen molar-refractivity contribution in [2.75, 3.05) is 17.6 Å². The van der Waals surface area contributed by atoms with Gasteiger partial charge in [-0.25, -0.2) is 31.5 Å². The van der Waals surface area contributed by atoms with Gasteiger partial charge < -0.3 is 15.2 Å². The molecule has 32 heavy (non-hydrogen) atoms. The number of carbonyl (C=O) groups is 1. The molecule has 4 N–H and O–H groups in total. The molecule has 0 aliphatic carbocycles. The van der Waals surface area contributed by atoms with Crippen LogP contribution in [0.2, 0.25) is 0 Å². The molecular formula is C20H19F3N4O4S. The smallest absolute Gasteiger partial charge is 0.322 e. The van der Waals surface area contributed by atoms with Crippen molar-refractivity contribution in [3.63, 3.8) is 0 Å². The molecule has 0 bridgehead atoms. The lowest BCUT2D eigenvalue weighted by Gasteiger charge is -2.30. The van der Waals surface area contributed by atoms with Crippen molar-refractivity contribution in [1.82, 2.24) is 9.88 Å². The maximum absolute atomic E-state index is 14.3. The summed E-state index contributed by atoms with van der Waals surface area (Å²) in [5.41, 5.74) is -0.384. The Morgan fingerprint density at radius 3 is 2.44 bits per heavy atom. The summed E-state index contributed by atoms with van der Waals surface area (Å²) in [7, 11) is -3.95. The van der Waals surface area contributed by atoms with E-state index in [4.69, 9.17) is 5.14 Å². The van der Waals surface area contributed by atoms with Crippen molar-refractivity contribution in [3.8, 4) is 0 Å². The van der Waals surface area contributed by atoms with Crippen molar-refractivity contribution in [3.05, 3.63) is 76.0 Å². The average molecular weight is 468 g/mol. The fourth-order valence-electron chi connectivity index (χ4n) is 3.25. The van der Waals surface area contributed by atoms with Gasteiger partial charge in [-0.1, -0.05) is 6.07 Å². The van der Waals surface area contributed by atoms with Crippen LogP contribution in [-0.2, 0) is 10.0 Å². The molecule has 0 aliphatic heterocycles. The molecule has 0 radical (unpaired) electrons. The van der Waals surface area contributed by atoms with Gasteiger partial charge in [-0.15, -0.1) is 0 Å². The number of primary sulfonamides is 1. The van der Waals surface area contributed by atoms with E-state index in [1.165, 1.54) is 31.3 Å². The number of hydrogen-bond acceptors (Lipinski definition) is 4. The highest BCUT2D eigenvalue weighted by Crippen LogP contribution is 2.28. The number of benzene rings is 2. The van der Waals surface area contributed by atoms with E-state index in [0.717, 1.165) is 23.1 Å². The van der Waals surface area contributed by atoms with Gasteiger partial charge in [0.15, 0.2) is 11.6 Å². The Hall–Kier alpha value is -3.38. The second-order valence-corrected chi connectivity index (χ2v) is 8.76. The monoisotopic (exact) mass is 468 g/mol. The minimum absolute atomic E-state index is 0.0512. The van der Waals surface area contributed by atoms with Crippen molar-refractivity contribution < 1.29 is 26.4 Å². The largest absolute Gasteiger partial charge is 0.328 e. The van der Waals surface area contributed by atoms with E-state index in [0.29, 0.717) is 0 Å². The lowest BCUT2D eigenvalue weighted by Crippen LogP contribution is -2.41. The molecule has 2 aromatic carbocycles. The fourth-order valence-corrected chi connectivity index (χ4v) is 3.70. The van der Waals surface area contributed by atoms with E-state index in [1.54, 1.807) is 0 Å². The predicted molar refractivity (Wildman–Crippen MR) is 113 cm³/mol. The summed E-state index contributed by atoms with van der Waals surface area (Å²) >= 11 is 0. The van der Waals surface area contributed by atoms with Crippen LogP contribution in [-0.4, -0.2) is 36.6 Å². The summed E-state index contributed by atoms with van der Waals surface area (Å²) in [5.74, 6) is -3.66. The number of nitrogens with zero attached hydrogens (tertiary/aromatic N) is 1. The van der Waals surface area contributed by atoms with Crippen LogP contribution in [0.4, 0.5) is 23.7 Å². The zero-order valence-electron chi connectivity index (χ0n) is 16.7. The van der Waals surface area contributed by atoms with Crippen LogP contribution in [0.25, 0.3) is 10.8 Å². The standard InChI is InChI=1S/C20H19F3N4O4S/c1-11(15-10-25-19(28)17-14(15)6-7-16(22)18(17)23)27(8-9-32(24,30)31)20(29)26-13-4-2-12(21)3-5-13/h2-7,10-11H,8-9H2,1H3,(H,25,28)(H,26,29)(H2,24,30,31). The van der Waals surface area contributed by atoms with Crippen molar-refractivity contribution in [1.29, 1.82) is 0 Å². The number of amides is 2. The van der Waals surface area contributed by atoms with Crippen LogP contribution in [0.3, 0.4) is 0 Å². The maximum atomic E-state index is 14.3. The predicted octanol–water partition coefficient (Wildman–Crippen LogP) is 2.83. The SMILES string of the molecule is CC(c1c[nH]c(=O)c2c(F)c(F)ccc12)N(CCS(N)(=O)=O)C(=O)Nc1ccc(F)cc1. The number of halogens is 3. The number of pyridine rings is 1. The van der Waals surface area contributed by atoms with Gasteiger partial charge in [0.1, 0.15) is 5.82 Å². The number of carbonyl (C=O) groups excluding carboxylic acids is 1. The fraction of sp³-hybridized carbons (Fsp3) is 0.200. The summed E-state index contributed by atoms with van der Waals surface area (Å²) in [6.45, 7) is 1.17. The van der Waals surface area contributed by atoms with E-state index in [9.17, 15) is 31.2 Å². The van der Waals surface area contributed by atoms with Crippen LogP contribution < -0.4 is 16.0 Å². The van der Waals surface area contributed by atoms with Crippen molar-refractivity contribution in [2.24, 2.45) is 5.14 Å². The third-order valence-corrected chi connectivity index (χ3v) is 5.63. The first-order valence-corrected chi connectivity index (χ1v) is 11.0. The highest BCUT2D eigenvalue weighted by molar-refractivity contribution is 7.89. The molecule has 0 fully saturated rings. The number of nitrogens with two attached hydrogens (primary N) is 1. The highest BCUT2D eigenvalue weighted by atomic mass is 32.2. The Morgan fingerprint density at radius 1 is 1.16 bits per heavy atom. The van der Waals surface area contributed by atoms with E-state index in [1.807, 2.05) is 0 Å². The second-order valence-electron chi connectivity index (χ2n) is 7.03. The Labute approximate surface area is 180 Å². The Bertz CT molecular complexity index is 1330. The normalized spacial score (nSPS) is 12.5. The number of urea groups is 1. The number of fused-ring (bicyclic) bond motifs is 1. The zero-order chi connectivity index (χ0) is 23.6. The average Bonchev–Trinajstić information content (AvgIpc) is 2.71. The van der Waals surface area contributed by atoms with E-state index in [2.05, 4.69) is 10.3 Å². The van der Waals surface area contributed by atoms with E-state index >= 15 is 0 Å². The Balaban J connectivity index is 2.03. The van der Waals surface area contributed by atoms with Gasteiger partial charge in [-0.05, 0) is 48.2 Å². The first kappa shape index (κ1) is 23.3. The molecule has 1 atom stereocenters. The van der Waals surface area contributed by atoms with E-state index < -0.39 is 56.2 Å². The quantitative estimate of drug-likeness (QED) is 0.514. The molecule has 8 nitrogen and oxygen atoms in total. The Kier molecular flexibility index (Phi) is 6.55. The number of H-pyrrole nitrogens is 1. The van der Waals surface area contributed by atoms with Crippen LogP contribution in [0.1, 0.15) is 18.5 Å². The van der Waals surface area contributed by atoms with Crippen molar-refractivity contribution in [2.45, 2.75) is 13.0 Å². The molecule has 12 heteroatoms. The lowest BCUT2D eigenvalue weighted by atomic mass is 10.0.